The molecule has 2 aliphatic rings. The Hall–Kier alpha value is -4.71. The number of hydrogen-bond acceptors (Lipinski definition) is 8. The monoisotopic (exact) mass is 704 g/mol. The summed E-state index contributed by atoms with van der Waals surface area (Å²) in [6.45, 7) is 10.4. The summed E-state index contributed by atoms with van der Waals surface area (Å²) in [5.41, 5.74) is 3.97. The van der Waals surface area contributed by atoms with E-state index in [0.29, 0.717) is 29.7 Å². The average molecular weight is 705 g/mol. The number of benzene rings is 4. The Labute approximate surface area is 303 Å². The fourth-order valence-corrected chi connectivity index (χ4v) is 6.40. The molecule has 4 heterocycles. The maximum Gasteiger partial charge on any atom is 0.258 e. The summed E-state index contributed by atoms with van der Waals surface area (Å²) in [4.78, 5) is 46.1. The first-order chi connectivity index (χ1) is 25.0. The van der Waals surface area contributed by atoms with Crippen LogP contribution in [0.25, 0.3) is 21.8 Å². The summed E-state index contributed by atoms with van der Waals surface area (Å²) in [6, 6.07) is 35.5. The van der Waals surface area contributed by atoms with Crippen molar-refractivity contribution in [3.63, 3.8) is 0 Å². The van der Waals surface area contributed by atoms with Crippen LogP contribution in [0.15, 0.2) is 119 Å². The van der Waals surface area contributed by atoms with Crippen molar-refractivity contribution in [2.75, 3.05) is 52.4 Å². The normalized spacial score (nSPS) is 15.5. The Kier molecular flexibility index (Phi) is 13.1. The summed E-state index contributed by atoms with van der Waals surface area (Å²) in [5, 5.41) is 4.61. The molecular formula is C40H45ClN8O2. The molecule has 0 saturated carbocycles. The van der Waals surface area contributed by atoms with Gasteiger partial charge in [-0.25, -0.2) is 9.97 Å². The predicted octanol–water partition coefficient (Wildman–Crippen LogP) is 4.99. The zero-order chi connectivity index (χ0) is 35.3. The van der Waals surface area contributed by atoms with Gasteiger partial charge >= 0.3 is 0 Å². The van der Waals surface area contributed by atoms with Gasteiger partial charge < -0.3 is 15.3 Å². The third-order valence-electron chi connectivity index (χ3n) is 8.99. The number of alkyl halides is 1. The highest BCUT2D eigenvalue weighted by molar-refractivity contribution is 6.17. The molecule has 0 spiro atoms. The minimum absolute atomic E-state index is 0.0502. The lowest BCUT2D eigenvalue weighted by Gasteiger charge is -2.34. The highest BCUT2D eigenvalue weighted by atomic mass is 35.5. The van der Waals surface area contributed by atoms with E-state index in [2.05, 4.69) is 70.3 Å². The van der Waals surface area contributed by atoms with Crippen molar-refractivity contribution in [1.29, 1.82) is 0 Å². The van der Waals surface area contributed by atoms with Crippen molar-refractivity contribution in [1.82, 2.24) is 40.0 Å². The maximum atomic E-state index is 12.2. The molecule has 0 radical (unpaired) electrons. The second-order valence-corrected chi connectivity index (χ2v) is 13.0. The molecular weight excluding hydrogens is 660 g/mol. The Morgan fingerprint density at radius 2 is 0.922 bits per heavy atom. The Balaban J connectivity index is 0.000000150. The summed E-state index contributed by atoms with van der Waals surface area (Å²) >= 11 is 5.53. The summed E-state index contributed by atoms with van der Waals surface area (Å²) in [7, 11) is 0. The largest absolute Gasteiger partial charge is 0.314 e. The van der Waals surface area contributed by atoms with Crippen molar-refractivity contribution in [2.45, 2.75) is 25.5 Å². The topological polar surface area (TPSA) is 113 Å². The van der Waals surface area contributed by atoms with Gasteiger partial charge in [0.25, 0.3) is 11.1 Å². The smallest absolute Gasteiger partial charge is 0.258 e. The van der Waals surface area contributed by atoms with Gasteiger partial charge in [0.05, 0.1) is 34.9 Å². The fraction of sp³-hybridized carbons (Fsp3) is 0.300. The lowest BCUT2D eigenvalue weighted by Crippen LogP contribution is -2.45. The van der Waals surface area contributed by atoms with Gasteiger partial charge in [0.2, 0.25) is 0 Å². The van der Waals surface area contributed by atoms with E-state index in [1.54, 1.807) is 6.07 Å². The van der Waals surface area contributed by atoms with Crippen molar-refractivity contribution >= 4 is 33.4 Å². The SMILES string of the molecule is ClCc1ccccc1.O=c1[nH]c(CN2CCN(Cc3ccccc3)CC2)nc2ccccc12.O=c1[nH]c(CN2CCNCC2)nc2ccccc12. The number of H-pyrrole nitrogens is 2. The molecule has 10 nitrogen and oxygen atoms in total. The molecule has 0 atom stereocenters. The summed E-state index contributed by atoms with van der Waals surface area (Å²) in [6.07, 6.45) is 0. The Bertz CT molecular complexity index is 2080. The van der Waals surface area contributed by atoms with Crippen LogP contribution in [0.1, 0.15) is 22.8 Å². The average Bonchev–Trinajstić information content (AvgIpc) is 3.17. The van der Waals surface area contributed by atoms with Gasteiger partial charge in [-0.3, -0.25) is 24.3 Å². The van der Waals surface area contributed by atoms with E-state index in [1.807, 2.05) is 72.8 Å². The number of nitrogens with one attached hydrogen (secondary N) is 3. The van der Waals surface area contributed by atoms with Gasteiger partial charge in [-0.2, -0.15) is 0 Å². The second kappa shape index (κ2) is 18.5. The first-order valence-corrected chi connectivity index (χ1v) is 18.0. The van der Waals surface area contributed by atoms with E-state index < -0.39 is 0 Å². The number of halogens is 1. The number of fused-ring (bicyclic) bond motifs is 2. The minimum Gasteiger partial charge on any atom is -0.314 e. The van der Waals surface area contributed by atoms with E-state index in [9.17, 15) is 9.59 Å². The lowest BCUT2D eigenvalue weighted by molar-refractivity contribution is 0.120. The van der Waals surface area contributed by atoms with Crippen LogP contribution >= 0.6 is 11.6 Å². The highest BCUT2D eigenvalue weighted by Gasteiger charge is 2.18. The van der Waals surface area contributed by atoms with Gasteiger partial charge in [-0.05, 0) is 35.4 Å². The van der Waals surface area contributed by atoms with Crippen molar-refractivity contribution in [2.24, 2.45) is 0 Å². The standard InChI is InChI=1S/C20H22N4O.C13H16N4O.C7H7Cl/c25-20-17-8-4-5-9-18(17)21-19(22-20)15-24-12-10-23(11-13-24)14-16-6-2-1-3-7-16;18-13-10-3-1-2-4-11(10)15-12(16-13)9-17-7-5-14-6-8-17;8-6-7-4-2-1-3-5-7/h1-9H,10-15H2,(H,21,22,25);1-4,14H,5-9H2,(H,15,16,18);1-5H,6H2. The molecule has 11 heteroatoms. The van der Waals surface area contributed by atoms with Crippen LogP contribution in [0.3, 0.4) is 0 Å². The van der Waals surface area contributed by atoms with Crippen molar-refractivity contribution in [3.8, 4) is 0 Å². The highest BCUT2D eigenvalue weighted by Crippen LogP contribution is 2.12. The molecule has 2 fully saturated rings. The summed E-state index contributed by atoms with van der Waals surface area (Å²) in [5.74, 6) is 2.11. The van der Waals surface area contributed by atoms with Crippen LogP contribution in [-0.4, -0.2) is 87.0 Å². The first kappa shape index (κ1) is 36.1. The second-order valence-electron chi connectivity index (χ2n) is 12.7. The molecule has 8 rings (SSSR count). The van der Waals surface area contributed by atoms with Crippen LogP contribution in [0, 0.1) is 0 Å². The van der Waals surface area contributed by atoms with Crippen molar-refractivity contribution in [3.05, 3.63) is 153 Å². The number of hydrogen-bond donors (Lipinski definition) is 3. The Morgan fingerprint density at radius 1 is 0.510 bits per heavy atom. The molecule has 2 saturated heterocycles. The molecule has 0 aliphatic carbocycles. The van der Waals surface area contributed by atoms with E-state index in [0.717, 1.165) is 81.6 Å². The molecule has 51 heavy (non-hydrogen) atoms. The molecule has 0 amide bonds. The Morgan fingerprint density at radius 3 is 1.39 bits per heavy atom. The van der Waals surface area contributed by atoms with E-state index in [1.165, 1.54) is 11.1 Å². The molecule has 2 aromatic heterocycles. The quantitative estimate of drug-likeness (QED) is 0.199. The van der Waals surface area contributed by atoms with E-state index in [4.69, 9.17) is 11.6 Å². The zero-order valence-corrected chi connectivity index (χ0v) is 29.6. The first-order valence-electron chi connectivity index (χ1n) is 17.5. The van der Waals surface area contributed by atoms with Crippen LogP contribution in [0.2, 0.25) is 0 Å². The lowest BCUT2D eigenvalue weighted by atomic mass is 10.2. The zero-order valence-electron chi connectivity index (χ0n) is 28.8. The van der Waals surface area contributed by atoms with E-state index in [-0.39, 0.29) is 11.1 Å². The van der Waals surface area contributed by atoms with E-state index >= 15 is 0 Å². The molecule has 3 N–H and O–H groups in total. The number of para-hydroxylation sites is 2. The fourth-order valence-electron chi connectivity index (χ4n) is 6.23. The molecule has 264 valence electrons. The van der Waals surface area contributed by atoms with Gasteiger partial charge in [-0.15, -0.1) is 11.6 Å². The molecule has 2 aliphatic heterocycles. The number of aromatic amines is 2. The van der Waals surface area contributed by atoms with Gasteiger partial charge in [0, 0.05) is 64.8 Å². The third kappa shape index (κ3) is 10.6. The van der Waals surface area contributed by atoms with Crippen LogP contribution in [-0.2, 0) is 25.5 Å². The number of nitrogens with zero attached hydrogens (tertiary/aromatic N) is 5. The maximum absolute atomic E-state index is 12.2. The van der Waals surface area contributed by atoms with Crippen LogP contribution in [0.4, 0.5) is 0 Å². The molecule has 6 aromatic rings. The van der Waals surface area contributed by atoms with Crippen LogP contribution < -0.4 is 16.4 Å². The van der Waals surface area contributed by atoms with Gasteiger partial charge in [0.15, 0.2) is 0 Å². The van der Waals surface area contributed by atoms with Crippen LogP contribution in [0.5, 0.6) is 0 Å². The van der Waals surface area contributed by atoms with Crippen molar-refractivity contribution < 1.29 is 0 Å². The predicted molar refractivity (Wildman–Crippen MR) is 206 cm³/mol. The molecule has 4 aromatic carbocycles. The number of piperazine rings is 2. The number of rotatable bonds is 7. The minimum atomic E-state index is -0.0525. The number of aromatic nitrogens is 4. The third-order valence-corrected chi connectivity index (χ3v) is 9.30. The van der Waals surface area contributed by atoms with Gasteiger partial charge in [0.1, 0.15) is 11.6 Å². The molecule has 0 unspecified atom stereocenters. The van der Waals surface area contributed by atoms with Gasteiger partial charge in [-0.1, -0.05) is 84.9 Å². The summed E-state index contributed by atoms with van der Waals surface area (Å²) < 4.78 is 0. The molecule has 0 bridgehead atoms.